The first-order chi connectivity index (χ1) is 17.9. The fourth-order valence-electron chi connectivity index (χ4n) is 4.45. The highest BCUT2D eigenvalue weighted by molar-refractivity contribution is 7.92. The molecule has 0 bridgehead atoms. The van der Waals surface area contributed by atoms with Crippen molar-refractivity contribution in [1.82, 2.24) is 9.80 Å². The molecule has 1 saturated carbocycles. The van der Waals surface area contributed by atoms with Crippen molar-refractivity contribution in [2.45, 2.75) is 47.7 Å². The van der Waals surface area contributed by atoms with E-state index >= 15 is 0 Å². The second-order valence-corrected chi connectivity index (χ2v) is 11.2. The van der Waals surface area contributed by atoms with Crippen molar-refractivity contribution in [2.24, 2.45) is 0 Å². The number of hydrogen-bond donors (Lipinski definition) is 0. The number of amides is 2. The molecule has 9 nitrogen and oxygen atoms in total. The van der Waals surface area contributed by atoms with E-state index < -0.39 is 68.5 Å². The summed E-state index contributed by atoms with van der Waals surface area (Å²) in [5.74, 6) is -2.21. The van der Waals surface area contributed by atoms with E-state index in [2.05, 4.69) is 4.74 Å². The first-order valence-corrected chi connectivity index (χ1v) is 13.1. The molecule has 0 radical (unpaired) electrons. The van der Waals surface area contributed by atoms with E-state index in [1.807, 2.05) is 0 Å². The Morgan fingerprint density at radius 2 is 1.66 bits per heavy atom. The Bertz CT molecular complexity index is 1420. The molecule has 4 rings (SSSR count). The Hall–Kier alpha value is -3.92. The van der Waals surface area contributed by atoms with Gasteiger partial charge in [-0.05, 0) is 55.7 Å². The third kappa shape index (κ3) is 5.08. The number of likely N-dealkylation sites (tertiary alicyclic amines) is 1. The molecule has 200 valence electrons. The average molecular weight is 550 g/mol. The third-order valence-corrected chi connectivity index (χ3v) is 8.74. The molecule has 2 fully saturated rings. The lowest BCUT2D eigenvalue weighted by molar-refractivity contribution is -0.140. The summed E-state index contributed by atoms with van der Waals surface area (Å²) in [7, 11) is -3.47. The minimum Gasteiger partial charge on any atom is -0.465 e. The molecular weight excluding hydrogens is 527 g/mol. The van der Waals surface area contributed by atoms with E-state index in [-0.39, 0.29) is 17.2 Å². The van der Waals surface area contributed by atoms with Gasteiger partial charge >= 0.3 is 12.1 Å². The molecule has 2 amide bonds. The van der Waals surface area contributed by atoms with E-state index in [0.717, 1.165) is 28.0 Å². The number of hydrogen-bond acceptors (Lipinski definition) is 7. The fraction of sp³-hybridized carbons (Fsp3) is 0.360. The van der Waals surface area contributed by atoms with Crippen molar-refractivity contribution in [3.05, 3.63) is 65.2 Å². The highest BCUT2D eigenvalue weighted by Gasteiger charge is 2.50. The molecule has 2 aromatic carbocycles. The predicted molar refractivity (Wildman–Crippen MR) is 125 cm³/mol. The van der Waals surface area contributed by atoms with Crippen LogP contribution in [-0.2, 0) is 25.5 Å². The van der Waals surface area contributed by atoms with Crippen molar-refractivity contribution in [3.63, 3.8) is 0 Å². The van der Waals surface area contributed by atoms with Crippen molar-refractivity contribution in [3.8, 4) is 6.19 Å². The summed E-state index contributed by atoms with van der Waals surface area (Å²) in [6.07, 6.45) is -2.52. The zero-order valence-electron chi connectivity index (χ0n) is 20.0. The van der Waals surface area contributed by atoms with Gasteiger partial charge in [-0.25, -0.2) is 18.1 Å². The molecular formula is C25H22F3N3O6S. The molecule has 2 aromatic rings. The summed E-state index contributed by atoms with van der Waals surface area (Å²) < 4.78 is 72.3. The van der Waals surface area contributed by atoms with Gasteiger partial charge in [0.15, 0.2) is 16.0 Å². The quantitative estimate of drug-likeness (QED) is 0.308. The summed E-state index contributed by atoms with van der Waals surface area (Å²) in [4.78, 5) is 39.4. The molecule has 1 heterocycles. The Labute approximate surface area is 216 Å². The molecule has 0 aromatic heterocycles. The molecule has 1 aliphatic heterocycles. The SMILES string of the molecule is COC(=O)c1ccc(C(=O)N2C[C@H](S(=O)(=O)c3ccccc3C(F)(F)F)C[C@H]2C(=O)N(C#N)C2CC2)cc1. The lowest BCUT2D eigenvalue weighted by atomic mass is 10.1. The number of benzene rings is 2. The van der Waals surface area contributed by atoms with Gasteiger partial charge in [-0.1, -0.05) is 12.1 Å². The molecule has 1 saturated heterocycles. The Morgan fingerprint density at radius 1 is 1.05 bits per heavy atom. The molecule has 0 spiro atoms. The number of ether oxygens (including phenoxy) is 1. The zero-order chi connectivity index (χ0) is 27.8. The molecule has 0 unspecified atom stereocenters. The lowest BCUT2D eigenvalue weighted by Crippen LogP contribution is -2.47. The standard InChI is InChI=1S/C25H22F3N3O6S/c1-37-24(34)16-8-6-15(7-9-16)22(32)30-13-18(12-20(30)23(33)31(14-29)17-10-11-17)38(35,36)21-5-3-2-4-19(21)25(26,27)28/h2-9,17-18,20H,10-13H2,1H3/t18-,20+/m1/s1. The van der Waals surface area contributed by atoms with Gasteiger partial charge in [0.25, 0.3) is 11.8 Å². The topological polar surface area (TPSA) is 125 Å². The fourth-order valence-corrected chi connectivity index (χ4v) is 6.36. The summed E-state index contributed by atoms with van der Waals surface area (Å²) >= 11 is 0. The third-order valence-electron chi connectivity index (χ3n) is 6.56. The van der Waals surface area contributed by atoms with E-state index in [4.69, 9.17) is 0 Å². The van der Waals surface area contributed by atoms with Crippen LogP contribution < -0.4 is 0 Å². The van der Waals surface area contributed by atoms with E-state index in [0.29, 0.717) is 18.9 Å². The summed E-state index contributed by atoms with van der Waals surface area (Å²) in [5.41, 5.74) is -1.19. The second kappa shape index (κ2) is 10.1. The Morgan fingerprint density at radius 3 is 2.21 bits per heavy atom. The van der Waals surface area contributed by atoms with Crippen LogP contribution in [0.2, 0.25) is 0 Å². The van der Waals surface area contributed by atoms with Crippen LogP contribution >= 0.6 is 0 Å². The van der Waals surface area contributed by atoms with Crippen molar-refractivity contribution in [1.29, 1.82) is 5.26 Å². The predicted octanol–water partition coefficient (Wildman–Crippen LogP) is 3.02. The smallest absolute Gasteiger partial charge is 0.417 e. The number of rotatable bonds is 6. The normalized spacial score (nSPS) is 19.5. The van der Waals surface area contributed by atoms with Crippen molar-refractivity contribution in [2.75, 3.05) is 13.7 Å². The minimum atomic E-state index is -4.95. The van der Waals surface area contributed by atoms with Crippen LogP contribution in [0.25, 0.3) is 0 Å². The maximum atomic E-state index is 13.6. The second-order valence-electron chi connectivity index (χ2n) is 8.98. The number of nitriles is 1. The van der Waals surface area contributed by atoms with E-state index in [9.17, 15) is 41.2 Å². The molecule has 1 aliphatic carbocycles. The molecule has 2 aliphatic rings. The van der Waals surface area contributed by atoms with Gasteiger partial charge in [-0.15, -0.1) is 0 Å². The van der Waals surface area contributed by atoms with Crippen LogP contribution in [0.5, 0.6) is 0 Å². The van der Waals surface area contributed by atoms with Crippen LogP contribution in [-0.4, -0.2) is 67.0 Å². The Kier molecular flexibility index (Phi) is 7.20. The molecule has 38 heavy (non-hydrogen) atoms. The zero-order valence-corrected chi connectivity index (χ0v) is 20.8. The van der Waals surface area contributed by atoms with Gasteiger partial charge in [0.2, 0.25) is 0 Å². The van der Waals surface area contributed by atoms with Crippen LogP contribution in [0.4, 0.5) is 13.2 Å². The first-order valence-electron chi connectivity index (χ1n) is 11.5. The maximum Gasteiger partial charge on any atom is 0.417 e. The Balaban J connectivity index is 1.71. The van der Waals surface area contributed by atoms with Gasteiger partial charge < -0.3 is 9.64 Å². The van der Waals surface area contributed by atoms with Crippen LogP contribution in [0.15, 0.2) is 53.4 Å². The number of halogens is 3. The molecule has 0 N–H and O–H groups in total. The van der Waals surface area contributed by atoms with E-state index in [1.54, 1.807) is 6.19 Å². The van der Waals surface area contributed by atoms with Crippen LogP contribution in [0, 0.1) is 11.5 Å². The van der Waals surface area contributed by atoms with Gasteiger partial charge in [0.05, 0.1) is 28.4 Å². The first kappa shape index (κ1) is 27.1. The largest absolute Gasteiger partial charge is 0.465 e. The van der Waals surface area contributed by atoms with E-state index in [1.165, 1.54) is 31.4 Å². The lowest BCUT2D eigenvalue weighted by Gasteiger charge is -2.26. The number of esters is 1. The van der Waals surface area contributed by atoms with Gasteiger partial charge in [-0.2, -0.15) is 18.4 Å². The van der Waals surface area contributed by atoms with Gasteiger partial charge in [0, 0.05) is 18.2 Å². The number of carbonyl (C=O) groups excluding carboxylic acids is 3. The highest BCUT2D eigenvalue weighted by atomic mass is 32.2. The van der Waals surface area contributed by atoms with Crippen LogP contribution in [0.1, 0.15) is 45.5 Å². The minimum absolute atomic E-state index is 0.0131. The van der Waals surface area contributed by atoms with Gasteiger partial charge in [0.1, 0.15) is 6.04 Å². The highest BCUT2D eigenvalue weighted by Crippen LogP contribution is 2.38. The number of sulfone groups is 1. The average Bonchev–Trinajstić information content (AvgIpc) is 3.63. The number of alkyl halides is 3. The summed E-state index contributed by atoms with van der Waals surface area (Å²) in [6, 6.07) is 7.17. The van der Waals surface area contributed by atoms with Crippen molar-refractivity contribution >= 4 is 27.6 Å². The molecule has 13 heteroatoms. The monoisotopic (exact) mass is 549 g/mol. The van der Waals surface area contributed by atoms with Crippen LogP contribution in [0.3, 0.4) is 0 Å². The number of nitrogens with zero attached hydrogens (tertiary/aromatic N) is 3. The molecule has 2 atom stereocenters. The summed E-state index contributed by atoms with van der Waals surface area (Å²) in [6.45, 7) is -0.563. The number of carbonyl (C=O) groups is 3. The van der Waals surface area contributed by atoms with Crippen molar-refractivity contribution < 1.29 is 40.7 Å². The summed E-state index contributed by atoms with van der Waals surface area (Å²) in [5, 5.41) is 7.98. The number of methoxy groups -OCH3 is 1. The van der Waals surface area contributed by atoms with Gasteiger partial charge in [-0.3, -0.25) is 9.59 Å². The maximum absolute atomic E-state index is 13.6.